The SMILES string of the molecule is CCCc1cc(-c2nc(-c3ccccc3)c(C3(C4CCCCO4)N=CN=N3)s2)ccn1. The Morgan fingerprint density at radius 1 is 1.13 bits per heavy atom. The number of aryl methyl sites for hydroxylation is 1. The number of aliphatic imine (C=N–C) groups is 1. The number of pyridine rings is 1. The van der Waals surface area contributed by atoms with Crippen LogP contribution in [0.4, 0.5) is 0 Å². The van der Waals surface area contributed by atoms with Crippen LogP contribution >= 0.6 is 11.3 Å². The number of ether oxygens (including phenoxy) is 1. The average Bonchev–Trinajstić information content (AvgIpc) is 3.49. The van der Waals surface area contributed by atoms with Crippen LogP contribution in [0.5, 0.6) is 0 Å². The van der Waals surface area contributed by atoms with Gasteiger partial charge in [0.2, 0.25) is 5.66 Å². The molecule has 1 fully saturated rings. The molecule has 4 heterocycles. The maximum atomic E-state index is 6.18. The quantitative estimate of drug-likeness (QED) is 0.477. The Morgan fingerprint density at radius 2 is 2.03 bits per heavy atom. The fourth-order valence-corrected chi connectivity index (χ4v) is 5.41. The summed E-state index contributed by atoms with van der Waals surface area (Å²) in [6.45, 7) is 2.90. The van der Waals surface area contributed by atoms with Crippen molar-refractivity contribution in [2.75, 3.05) is 6.61 Å². The third kappa shape index (κ3) is 3.83. The molecule has 0 radical (unpaired) electrons. The second kappa shape index (κ2) is 8.77. The van der Waals surface area contributed by atoms with E-state index in [9.17, 15) is 0 Å². The summed E-state index contributed by atoms with van der Waals surface area (Å²) >= 11 is 1.64. The molecule has 0 saturated carbocycles. The number of hydrogen-bond acceptors (Lipinski definition) is 7. The summed E-state index contributed by atoms with van der Waals surface area (Å²) in [5, 5.41) is 9.75. The first-order valence-corrected chi connectivity index (χ1v) is 11.7. The summed E-state index contributed by atoms with van der Waals surface area (Å²) in [7, 11) is 0. The standard InChI is InChI=1S/C24H25N5OS/c1-2-8-19-15-18(12-13-25-19)23-28-21(17-9-4-3-5-10-17)22(31-23)24(26-16-27-29-24)20-11-6-7-14-30-20/h3-5,9-10,12-13,15-16,20H,2,6-8,11,14H2,1H3. The van der Waals surface area contributed by atoms with Gasteiger partial charge >= 0.3 is 0 Å². The van der Waals surface area contributed by atoms with Gasteiger partial charge in [0.05, 0.1) is 10.6 Å². The van der Waals surface area contributed by atoms with E-state index in [1.807, 2.05) is 30.5 Å². The van der Waals surface area contributed by atoms with Crippen molar-refractivity contribution in [3.05, 3.63) is 59.2 Å². The van der Waals surface area contributed by atoms with E-state index in [0.717, 1.165) is 71.1 Å². The molecule has 0 amide bonds. The Balaban J connectivity index is 1.66. The number of azo groups is 1. The second-order valence-electron chi connectivity index (χ2n) is 7.89. The summed E-state index contributed by atoms with van der Waals surface area (Å²) in [6, 6.07) is 14.4. The molecule has 1 saturated heterocycles. The van der Waals surface area contributed by atoms with Crippen molar-refractivity contribution < 1.29 is 4.74 Å². The van der Waals surface area contributed by atoms with Crippen LogP contribution in [0.25, 0.3) is 21.8 Å². The molecule has 1 aromatic carbocycles. The number of hydrogen-bond donors (Lipinski definition) is 0. The van der Waals surface area contributed by atoms with Crippen molar-refractivity contribution in [2.45, 2.75) is 50.8 Å². The Kier molecular flexibility index (Phi) is 5.70. The molecule has 2 aromatic heterocycles. The van der Waals surface area contributed by atoms with Crippen LogP contribution in [0, 0.1) is 0 Å². The molecular formula is C24H25N5OS. The van der Waals surface area contributed by atoms with Crippen molar-refractivity contribution in [2.24, 2.45) is 15.2 Å². The molecule has 2 aliphatic heterocycles. The molecule has 158 valence electrons. The highest BCUT2D eigenvalue weighted by Gasteiger charge is 2.47. The van der Waals surface area contributed by atoms with Gasteiger partial charge in [0.15, 0.2) is 0 Å². The van der Waals surface area contributed by atoms with E-state index in [2.05, 4.69) is 40.3 Å². The summed E-state index contributed by atoms with van der Waals surface area (Å²) in [5.41, 5.74) is 3.25. The first kappa shape index (κ1) is 20.2. The number of thiazole rings is 1. The van der Waals surface area contributed by atoms with Crippen molar-refractivity contribution >= 4 is 17.7 Å². The fraction of sp³-hybridized carbons (Fsp3) is 0.375. The maximum absolute atomic E-state index is 6.18. The molecule has 0 spiro atoms. The molecule has 6 nitrogen and oxygen atoms in total. The Morgan fingerprint density at radius 3 is 2.77 bits per heavy atom. The topological polar surface area (TPSA) is 72.1 Å². The predicted molar refractivity (Wildman–Crippen MR) is 123 cm³/mol. The molecule has 5 rings (SSSR count). The largest absolute Gasteiger partial charge is 0.373 e. The lowest BCUT2D eigenvalue weighted by atomic mass is 9.93. The zero-order chi connectivity index (χ0) is 21.1. The van der Waals surface area contributed by atoms with Crippen LogP contribution in [0.3, 0.4) is 0 Å². The first-order valence-electron chi connectivity index (χ1n) is 10.9. The predicted octanol–water partition coefficient (Wildman–Crippen LogP) is 6.04. The van der Waals surface area contributed by atoms with Gasteiger partial charge in [-0.1, -0.05) is 43.7 Å². The van der Waals surface area contributed by atoms with Gasteiger partial charge in [0.25, 0.3) is 0 Å². The maximum Gasteiger partial charge on any atom is 0.234 e. The summed E-state index contributed by atoms with van der Waals surface area (Å²) in [6.07, 6.45) is 8.40. The molecule has 2 atom stereocenters. The minimum Gasteiger partial charge on any atom is -0.373 e. The van der Waals surface area contributed by atoms with Crippen LogP contribution in [-0.2, 0) is 16.8 Å². The molecule has 0 N–H and O–H groups in total. The minimum absolute atomic E-state index is 0.132. The van der Waals surface area contributed by atoms with Crippen LogP contribution in [0.1, 0.15) is 43.2 Å². The zero-order valence-electron chi connectivity index (χ0n) is 17.6. The summed E-state index contributed by atoms with van der Waals surface area (Å²) in [4.78, 5) is 15.4. The highest BCUT2D eigenvalue weighted by Crippen LogP contribution is 2.48. The fourth-order valence-electron chi connectivity index (χ4n) is 4.20. The monoisotopic (exact) mass is 431 g/mol. The summed E-state index contributed by atoms with van der Waals surface area (Å²) in [5.74, 6) is 0. The normalized spacial score (nSPS) is 22.8. The van der Waals surface area contributed by atoms with Gasteiger partial charge in [0.1, 0.15) is 17.5 Å². The van der Waals surface area contributed by atoms with Crippen LogP contribution < -0.4 is 0 Å². The van der Waals surface area contributed by atoms with E-state index in [-0.39, 0.29) is 6.10 Å². The smallest absolute Gasteiger partial charge is 0.234 e. The van der Waals surface area contributed by atoms with E-state index in [0.29, 0.717) is 0 Å². The van der Waals surface area contributed by atoms with Gasteiger partial charge in [-0.25, -0.2) is 9.98 Å². The molecule has 3 aromatic rings. The third-order valence-electron chi connectivity index (χ3n) is 5.72. The molecule has 31 heavy (non-hydrogen) atoms. The average molecular weight is 432 g/mol. The van der Waals surface area contributed by atoms with Gasteiger partial charge in [-0.05, 0) is 37.8 Å². The zero-order valence-corrected chi connectivity index (χ0v) is 18.4. The highest BCUT2D eigenvalue weighted by atomic mass is 32.1. The molecule has 0 aliphatic carbocycles. The third-order valence-corrected chi connectivity index (χ3v) is 6.94. The molecular weight excluding hydrogens is 406 g/mol. The second-order valence-corrected chi connectivity index (χ2v) is 8.89. The number of benzene rings is 1. The Hall–Kier alpha value is -2.77. The van der Waals surface area contributed by atoms with E-state index in [4.69, 9.17) is 14.7 Å². The van der Waals surface area contributed by atoms with E-state index in [1.165, 1.54) is 0 Å². The Labute approximate surface area is 186 Å². The van der Waals surface area contributed by atoms with Crippen molar-refractivity contribution in [3.63, 3.8) is 0 Å². The van der Waals surface area contributed by atoms with Gasteiger partial charge in [0, 0.05) is 29.6 Å². The van der Waals surface area contributed by atoms with E-state index < -0.39 is 5.66 Å². The lowest BCUT2D eigenvalue weighted by Gasteiger charge is -2.33. The lowest BCUT2D eigenvalue weighted by molar-refractivity contribution is -0.0305. The lowest BCUT2D eigenvalue weighted by Crippen LogP contribution is -2.39. The number of nitrogens with zero attached hydrogens (tertiary/aromatic N) is 5. The molecule has 2 aliphatic rings. The van der Waals surface area contributed by atoms with E-state index in [1.54, 1.807) is 17.7 Å². The highest BCUT2D eigenvalue weighted by molar-refractivity contribution is 7.15. The van der Waals surface area contributed by atoms with E-state index >= 15 is 0 Å². The van der Waals surface area contributed by atoms with Crippen LogP contribution in [-0.4, -0.2) is 29.0 Å². The molecule has 7 heteroatoms. The Bertz CT molecular complexity index is 1090. The van der Waals surface area contributed by atoms with Crippen LogP contribution in [0.15, 0.2) is 63.9 Å². The van der Waals surface area contributed by atoms with Gasteiger partial charge < -0.3 is 4.74 Å². The van der Waals surface area contributed by atoms with Gasteiger partial charge in [-0.3, -0.25) is 4.98 Å². The van der Waals surface area contributed by atoms with Gasteiger partial charge in [-0.2, -0.15) is 0 Å². The molecule has 0 bridgehead atoms. The number of rotatable bonds is 6. The summed E-state index contributed by atoms with van der Waals surface area (Å²) < 4.78 is 6.18. The van der Waals surface area contributed by atoms with Crippen LogP contribution in [0.2, 0.25) is 0 Å². The number of aromatic nitrogens is 2. The van der Waals surface area contributed by atoms with Crippen molar-refractivity contribution in [1.82, 2.24) is 9.97 Å². The molecule has 2 unspecified atom stereocenters. The van der Waals surface area contributed by atoms with Crippen molar-refractivity contribution in [1.29, 1.82) is 0 Å². The van der Waals surface area contributed by atoms with Gasteiger partial charge in [-0.15, -0.1) is 21.6 Å². The van der Waals surface area contributed by atoms with Crippen molar-refractivity contribution in [3.8, 4) is 21.8 Å². The minimum atomic E-state index is -0.860. The first-order chi connectivity index (χ1) is 15.3.